The van der Waals surface area contributed by atoms with Crippen molar-refractivity contribution in [3.63, 3.8) is 0 Å². The van der Waals surface area contributed by atoms with Gasteiger partial charge in [0, 0.05) is 6.54 Å². The van der Waals surface area contributed by atoms with E-state index in [-0.39, 0.29) is 24.9 Å². The smallest absolute Gasteiger partial charge is 0.237 e. The van der Waals surface area contributed by atoms with Gasteiger partial charge in [-0.2, -0.15) is 0 Å². The molecule has 27 heavy (non-hydrogen) atoms. The van der Waals surface area contributed by atoms with Crippen LogP contribution in [0, 0.1) is 5.92 Å². The number of nitrogens with one attached hydrogen (secondary N) is 1. The lowest BCUT2D eigenvalue weighted by Crippen LogP contribution is -2.42. The van der Waals surface area contributed by atoms with Gasteiger partial charge in [0.2, 0.25) is 5.91 Å². The first kappa shape index (κ1) is 23.0. The first-order chi connectivity index (χ1) is 12.5. The van der Waals surface area contributed by atoms with E-state index < -0.39 is 12.1 Å². The highest BCUT2D eigenvalue weighted by Gasteiger charge is 2.16. The van der Waals surface area contributed by atoms with Crippen LogP contribution in [0.15, 0.2) is 54.6 Å². The molecule has 0 bridgehead atoms. The minimum absolute atomic E-state index is 0. The molecule has 2 aromatic carbocycles. The van der Waals surface area contributed by atoms with Crippen molar-refractivity contribution in [1.82, 2.24) is 5.32 Å². The third kappa shape index (κ3) is 7.99. The number of halogens is 1. The summed E-state index contributed by atoms with van der Waals surface area (Å²) in [5, 5.41) is 13.0. The maximum Gasteiger partial charge on any atom is 0.237 e. The van der Waals surface area contributed by atoms with Gasteiger partial charge < -0.3 is 20.9 Å². The number of aliphatic hydroxyl groups excluding tert-OH is 1. The van der Waals surface area contributed by atoms with E-state index in [1.807, 2.05) is 56.3 Å². The molecule has 4 N–H and O–H groups in total. The Bertz CT molecular complexity index is 695. The van der Waals surface area contributed by atoms with E-state index in [1.54, 1.807) is 12.1 Å². The Morgan fingerprint density at radius 2 is 1.85 bits per heavy atom. The number of rotatable bonds is 9. The highest BCUT2D eigenvalue weighted by atomic mass is 35.5. The monoisotopic (exact) mass is 392 g/mol. The molecule has 0 aliphatic carbocycles. The fraction of sp³-hybridized carbons (Fsp3) is 0.381. The average Bonchev–Trinajstić information content (AvgIpc) is 2.64. The molecule has 2 atom stereocenters. The molecule has 0 aromatic heterocycles. The van der Waals surface area contributed by atoms with Crippen LogP contribution < -0.4 is 15.8 Å². The fourth-order valence-corrected chi connectivity index (χ4v) is 2.61. The molecule has 0 aliphatic rings. The SMILES string of the molecule is CC(C)C[C@H](N)C(=O)NCC(O)c1cccc(OCc2ccccc2)c1.Cl. The van der Waals surface area contributed by atoms with Crippen LogP contribution in [0.4, 0.5) is 0 Å². The number of hydrogen-bond donors (Lipinski definition) is 3. The molecule has 0 heterocycles. The summed E-state index contributed by atoms with van der Waals surface area (Å²) in [4.78, 5) is 12.0. The maximum atomic E-state index is 12.0. The molecule has 0 aliphatic heterocycles. The zero-order valence-electron chi connectivity index (χ0n) is 15.8. The highest BCUT2D eigenvalue weighted by Crippen LogP contribution is 2.20. The van der Waals surface area contributed by atoms with Crippen molar-refractivity contribution >= 4 is 18.3 Å². The summed E-state index contributed by atoms with van der Waals surface area (Å²) in [7, 11) is 0. The van der Waals surface area contributed by atoms with Gasteiger partial charge >= 0.3 is 0 Å². The van der Waals surface area contributed by atoms with Crippen LogP contribution in [0.1, 0.15) is 37.5 Å². The van der Waals surface area contributed by atoms with E-state index in [9.17, 15) is 9.90 Å². The summed E-state index contributed by atoms with van der Waals surface area (Å²) in [6, 6.07) is 16.6. The highest BCUT2D eigenvalue weighted by molar-refractivity contribution is 5.85. The second-order valence-corrected chi connectivity index (χ2v) is 6.84. The Kier molecular flexibility index (Phi) is 9.86. The van der Waals surface area contributed by atoms with Gasteiger partial charge in [0.1, 0.15) is 12.4 Å². The van der Waals surface area contributed by atoms with Gasteiger partial charge in [0.15, 0.2) is 0 Å². The van der Waals surface area contributed by atoms with Crippen LogP contribution in [-0.4, -0.2) is 23.6 Å². The van der Waals surface area contributed by atoms with Crippen molar-refractivity contribution in [2.24, 2.45) is 11.7 Å². The number of carbonyl (C=O) groups is 1. The lowest BCUT2D eigenvalue weighted by molar-refractivity contribution is -0.123. The van der Waals surface area contributed by atoms with E-state index in [2.05, 4.69) is 5.32 Å². The van der Waals surface area contributed by atoms with Gasteiger partial charge in [-0.3, -0.25) is 4.79 Å². The van der Waals surface area contributed by atoms with Crippen LogP contribution in [0.3, 0.4) is 0 Å². The normalized spacial score (nSPS) is 12.8. The third-order valence-electron chi connectivity index (χ3n) is 4.02. The number of nitrogens with two attached hydrogens (primary N) is 1. The van der Waals surface area contributed by atoms with Gasteiger partial charge in [-0.1, -0.05) is 56.3 Å². The first-order valence-electron chi connectivity index (χ1n) is 8.93. The lowest BCUT2D eigenvalue weighted by atomic mass is 10.0. The number of ether oxygens (including phenoxy) is 1. The molecule has 6 heteroatoms. The molecule has 1 unspecified atom stereocenters. The quantitative estimate of drug-likeness (QED) is 0.611. The molecule has 0 fully saturated rings. The number of carbonyl (C=O) groups excluding carboxylic acids is 1. The van der Waals surface area contributed by atoms with Gasteiger partial charge in [-0.15, -0.1) is 12.4 Å². The second-order valence-electron chi connectivity index (χ2n) is 6.84. The largest absolute Gasteiger partial charge is 0.489 e. The molecular weight excluding hydrogens is 364 g/mol. The predicted molar refractivity (Wildman–Crippen MR) is 110 cm³/mol. The van der Waals surface area contributed by atoms with Crippen LogP contribution in [0.25, 0.3) is 0 Å². The Morgan fingerprint density at radius 1 is 1.15 bits per heavy atom. The van der Waals surface area contributed by atoms with Gasteiger partial charge in [-0.05, 0) is 35.6 Å². The maximum absolute atomic E-state index is 12.0. The average molecular weight is 393 g/mol. The molecule has 0 saturated heterocycles. The lowest BCUT2D eigenvalue weighted by Gasteiger charge is -2.17. The standard InChI is InChI=1S/C21H28N2O3.ClH/c1-15(2)11-19(22)21(25)23-13-20(24)17-9-6-10-18(12-17)26-14-16-7-4-3-5-8-16;/h3-10,12,15,19-20,24H,11,13-14,22H2,1-2H3,(H,23,25);1H/t19-,20?;/m0./s1. The Hall–Kier alpha value is -2.08. The van der Waals surface area contributed by atoms with E-state index in [1.165, 1.54) is 0 Å². The second kappa shape index (κ2) is 11.6. The molecule has 0 spiro atoms. The minimum Gasteiger partial charge on any atom is -0.489 e. The summed E-state index contributed by atoms with van der Waals surface area (Å²) in [5.41, 5.74) is 7.61. The van der Waals surface area contributed by atoms with Gasteiger partial charge in [-0.25, -0.2) is 0 Å². The molecule has 0 saturated carbocycles. The topological polar surface area (TPSA) is 84.6 Å². The Balaban J connectivity index is 0.00000364. The molecule has 2 rings (SSSR count). The van der Waals surface area contributed by atoms with Gasteiger partial charge in [0.05, 0.1) is 12.1 Å². The third-order valence-corrected chi connectivity index (χ3v) is 4.02. The molecule has 5 nitrogen and oxygen atoms in total. The first-order valence-corrected chi connectivity index (χ1v) is 8.93. The summed E-state index contributed by atoms with van der Waals surface area (Å²) < 4.78 is 5.77. The number of amides is 1. The van der Waals surface area contributed by atoms with E-state index >= 15 is 0 Å². The number of hydrogen-bond acceptors (Lipinski definition) is 4. The summed E-state index contributed by atoms with van der Waals surface area (Å²) in [6.45, 7) is 4.61. The summed E-state index contributed by atoms with van der Waals surface area (Å²) in [6.07, 6.45) is -0.199. The van der Waals surface area contributed by atoms with Crippen LogP contribution >= 0.6 is 12.4 Å². The van der Waals surface area contributed by atoms with Crippen molar-refractivity contribution in [1.29, 1.82) is 0 Å². The van der Waals surface area contributed by atoms with E-state index in [4.69, 9.17) is 10.5 Å². The van der Waals surface area contributed by atoms with E-state index in [0.29, 0.717) is 30.3 Å². The van der Waals surface area contributed by atoms with Crippen LogP contribution in [-0.2, 0) is 11.4 Å². The van der Waals surface area contributed by atoms with Crippen LogP contribution in [0.2, 0.25) is 0 Å². The van der Waals surface area contributed by atoms with Gasteiger partial charge in [0.25, 0.3) is 0 Å². The zero-order chi connectivity index (χ0) is 18.9. The fourth-order valence-electron chi connectivity index (χ4n) is 2.61. The molecule has 1 amide bonds. The summed E-state index contributed by atoms with van der Waals surface area (Å²) in [5.74, 6) is 0.779. The van der Waals surface area contributed by atoms with Crippen molar-refractivity contribution in [2.45, 2.75) is 39.0 Å². The Morgan fingerprint density at radius 3 is 2.52 bits per heavy atom. The molecular formula is C21H29ClN2O3. The minimum atomic E-state index is -0.814. The summed E-state index contributed by atoms with van der Waals surface area (Å²) >= 11 is 0. The molecule has 2 aromatic rings. The van der Waals surface area contributed by atoms with Crippen molar-refractivity contribution < 1.29 is 14.6 Å². The van der Waals surface area contributed by atoms with E-state index in [0.717, 1.165) is 5.56 Å². The van der Waals surface area contributed by atoms with Crippen molar-refractivity contribution in [3.05, 3.63) is 65.7 Å². The predicted octanol–water partition coefficient (Wildman–Crippen LogP) is 3.21. The van der Waals surface area contributed by atoms with Crippen molar-refractivity contribution in [2.75, 3.05) is 6.54 Å². The zero-order valence-corrected chi connectivity index (χ0v) is 16.6. The number of benzene rings is 2. The molecule has 148 valence electrons. The van der Waals surface area contributed by atoms with Crippen molar-refractivity contribution in [3.8, 4) is 5.75 Å². The molecule has 0 radical (unpaired) electrons. The van der Waals surface area contributed by atoms with Crippen LogP contribution in [0.5, 0.6) is 5.75 Å². The number of aliphatic hydroxyl groups is 1. The Labute approximate surface area is 167 Å².